The highest BCUT2D eigenvalue weighted by Gasteiger charge is 2.00. The van der Waals surface area contributed by atoms with Crippen LogP contribution in [0.3, 0.4) is 0 Å². The first-order chi connectivity index (χ1) is 10.6. The average molecular weight is 296 g/mol. The second-order valence-corrected chi connectivity index (χ2v) is 5.15. The predicted molar refractivity (Wildman–Crippen MR) is 88.1 cm³/mol. The summed E-state index contributed by atoms with van der Waals surface area (Å²) in [4.78, 5) is 17.9. The molecule has 0 aliphatic carbocycles. The quantitative estimate of drug-likeness (QED) is 0.582. The molecule has 0 unspecified atom stereocenters. The second-order valence-electron chi connectivity index (χ2n) is 5.15. The molecule has 2 rings (SSSR count). The zero-order valence-corrected chi connectivity index (χ0v) is 12.9. The van der Waals surface area contributed by atoms with Crippen LogP contribution in [0, 0.1) is 0 Å². The van der Waals surface area contributed by atoms with E-state index in [0.717, 1.165) is 17.9 Å². The van der Waals surface area contributed by atoms with Gasteiger partial charge in [0, 0.05) is 24.5 Å². The number of allylic oxidation sites excluding steroid dienone is 1. The monoisotopic (exact) mass is 296 g/mol. The third-order valence-electron chi connectivity index (χ3n) is 3.08. The van der Waals surface area contributed by atoms with Gasteiger partial charge in [-0.3, -0.25) is 9.78 Å². The number of aromatic nitrogens is 1. The highest BCUT2D eigenvalue weighted by molar-refractivity contribution is 6.06. The molecule has 0 bridgehead atoms. The molecule has 0 aliphatic heterocycles. The van der Waals surface area contributed by atoms with Crippen LogP contribution in [0.5, 0.6) is 5.75 Å². The van der Waals surface area contributed by atoms with Crippen molar-refractivity contribution in [3.63, 3.8) is 0 Å². The minimum absolute atomic E-state index is 0.0336. The molecule has 0 radical (unpaired) electrons. The number of hydrogen-bond donors (Lipinski definition) is 0. The van der Waals surface area contributed by atoms with Crippen molar-refractivity contribution >= 4 is 11.9 Å². The van der Waals surface area contributed by atoms with Crippen LogP contribution in [-0.2, 0) is 0 Å². The van der Waals surface area contributed by atoms with Crippen molar-refractivity contribution in [2.24, 2.45) is 0 Å². The van der Waals surface area contributed by atoms with Crippen LogP contribution >= 0.6 is 0 Å². The molecule has 1 aromatic heterocycles. The lowest BCUT2D eigenvalue weighted by atomic mass is 10.1. The normalized spacial score (nSPS) is 11.0. The molecule has 0 aliphatic rings. The SMILES string of the molecule is CN(C)CCOc1ccc(/C=C/C(=O)c2ccncc2)cc1. The molecular weight excluding hydrogens is 276 g/mol. The van der Waals surface area contributed by atoms with Gasteiger partial charge in [-0.05, 0) is 50.0 Å². The topological polar surface area (TPSA) is 42.4 Å². The third kappa shape index (κ3) is 5.14. The van der Waals surface area contributed by atoms with Crippen molar-refractivity contribution in [2.45, 2.75) is 0 Å². The van der Waals surface area contributed by atoms with Gasteiger partial charge in [-0.25, -0.2) is 0 Å². The zero-order valence-electron chi connectivity index (χ0n) is 12.9. The maximum atomic E-state index is 11.9. The van der Waals surface area contributed by atoms with Gasteiger partial charge in [0.05, 0.1) is 0 Å². The number of hydrogen-bond acceptors (Lipinski definition) is 4. The van der Waals surface area contributed by atoms with E-state index < -0.39 is 0 Å². The molecule has 0 amide bonds. The Labute approximate surface area is 131 Å². The van der Waals surface area contributed by atoms with Gasteiger partial charge in [0.25, 0.3) is 0 Å². The molecule has 0 fully saturated rings. The van der Waals surface area contributed by atoms with E-state index in [4.69, 9.17) is 4.74 Å². The Kier molecular flexibility index (Phi) is 5.86. The van der Waals surface area contributed by atoms with Gasteiger partial charge in [-0.1, -0.05) is 18.2 Å². The summed E-state index contributed by atoms with van der Waals surface area (Å²) in [7, 11) is 4.02. The molecule has 22 heavy (non-hydrogen) atoms. The lowest BCUT2D eigenvalue weighted by Gasteiger charge is -2.10. The zero-order chi connectivity index (χ0) is 15.8. The van der Waals surface area contributed by atoms with E-state index in [1.54, 1.807) is 36.7 Å². The van der Waals surface area contributed by atoms with Crippen molar-refractivity contribution in [1.82, 2.24) is 9.88 Å². The number of pyridine rings is 1. The first kappa shape index (κ1) is 15.9. The standard InChI is InChI=1S/C18H20N2O2/c1-20(2)13-14-22-17-6-3-15(4-7-17)5-8-18(21)16-9-11-19-12-10-16/h3-12H,13-14H2,1-2H3/b8-5+. The Balaban J connectivity index is 1.91. The summed E-state index contributed by atoms with van der Waals surface area (Å²) in [5, 5.41) is 0. The smallest absolute Gasteiger partial charge is 0.185 e. The summed E-state index contributed by atoms with van der Waals surface area (Å²) < 4.78 is 5.63. The lowest BCUT2D eigenvalue weighted by molar-refractivity contribution is 0.104. The molecule has 114 valence electrons. The van der Waals surface area contributed by atoms with E-state index >= 15 is 0 Å². The van der Waals surface area contributed by atoms with E-state index in [0.29, 0.717) is 12.2 Å². The minimum atomic E-state index is -0.0336. The molecule has 4 heteroatoms. The Morgan fingerprint density at radius 1 is 1.14 bits per heavy atom. The van der Waals surface area contributed by atoms with Crippen molar-refractivity contribution in [3.05, 3.63) is 66.0 Å². The highest BCUT2D eigenvalue weighted by Crippen LogP contribution is 2.13. The molecule has 2 aromatic rings. The summed E-state index contributed by atoms with van der Waals surface area (Å²) in [6.45, 7) is 1.53. The first-order valence-corrected chi connectivity index (χ1v) is 7.15. The van der Waals surface area contributed by atoms with Crippen LogP contribution < -0.4 is 4.74 Å². The van der Waals surface area contributed by atoms with E-state index in [1.165, 1.54) is 0 Å². The first-order valence-electron chi connectivity index (χ1n) is 7.15. The van der Waals surface area contributed by atoms with Gasteiger partial charge in [0.2, 0.25) is 0 Å². The van der Waals surface area contributed by atoms with Gasteiger partial charge in [-0.15, -0.1) is 0 Å². The molecule has 4 nitrogen and oxygen atoms in total. The van der Waals surface area contributed by atoms with Crippen molar-refractivity contribution in [2.75, 3.05) is 27.2 Å². The summed E-state index contributed by atoms with van der Waals surface area (Å²) in [5.41, 5.74) is 1.59. The number of carbonyl (C=O) groups is 1. The van der Waals surface area contributed by atoms with Crippen molar-refractivity contribution in [1.29, 1.82) is 0 Å². The molecule has 1 aromatic carbocycles. The molecule has 0 N–H and O–H groups in total. The van der Waals surface area contributed by atoms with Crippen LogP contribution in [0.25, 0.3) is 6.08 Å². The van der Waals surface area contributed by atoms with Crippen LogP contribution in [0.15, 0.2) is 54.9 Å². The summed E-state index contributed by atoms with van der Waals surface area (Å²) in [5.74, 6) is 0.799. The average Bonchev–Trinajstić information content (AvgIpc) is 2.54. The number of nitrogens with zero attached hydrogens (tertiary/aromatic N) is 2. The van der Waals surface area contributed by atoms with Gasteiger partial charge >= 0.3 is 0 Å². The van der Waals surface area contributed by atoms with Gasteiger partial charge < -0.3 is 9.64 Å². The van der Waals surface area contributed by atoms with E-state index in [-0.39, 0.29) is 5.78 Å². The minimum Gasteiger partial charge on any atom is -0.492 e. The predicted octanol–water partition coefficient (Wildman–Crippen LogP) is 2.92. The van der Waals surface area contributed by atoms with Crippen LogP contribution in [-0.4, -0.2) is 42.9 Å². The molecule has 0 saturated carbocycles. The van der Waals surface area contributed by atoms with E-state index in [2.05, 4.69) is 9.88 Å². The Morgan fingerprint density at radius 2 is 1.82 bits per heavy atom. The fraction of sp³-hybridized carbons (Fsp3) is 0.222. The number of ketones is 1. The van der Waals surface area contributed by atoms with Crippen molar-refractivity contribution < 1.29 is 9.53 Å². The van der Waals surface area contributed by atoms with E-state index in [1.807, 2.05) is 38.4 Å². The molecular formula is C18H20N2O2. The fourth-order valence-corrected chi connectivity index (χ4v) is 1.81. The molecule has 1 heterocycles. The molecule has 0 spiro atoms. The van der Waals surface area contributed by atoms with Crippen LogP contribution in [0.4, 0.5) is 0 Å². The fourth-order valence-electron chi connectivity index (χ4n) is 1.81. The number of rotatable bonds is 7. The Bertz CT molecular complexity index is 619. The highest BCUT2D eigenvalue weighted by atomic mass is 16.5. The van der Waals surface area contributed by atoms with Crippen LogP contribution in [0.2, 0.25) is 0 Å². The second kappa shape index (κ2) is 8.10. The molecule has 0 atom stereocenters. The Morgan fingerprint density at radius 3 is 2.45 bits per heavy atom. The number of ether oxygens (including phenoxy) is 1. The van der Waals surface area contributed by atoms with Gasteiger partial charge in [0.15, 0.2) is 5.78 Å². The maximum absolute atomic E-state index is 11.9. The van der Waals surface area contributed by atoms with Gasteiger partial charge in [0.1, 0.15) is 12.4 Å². The van der Waals surface area contributed by atoms with Gasteiger partial charge in [-0.2, -0.15) is 0 Å². The summed E-state index contributed by atoms with van der Waals surface area (Å²) >= 11 is 0. The number of benzene rings is 1. The summed E-state index contributed by atoms with van der Waals surface area (Å²) in [6, 6.07) is 11.1. The van der Waals surface area contributed by atoms with E-state index in [9.17, 15) is 4.79 Å². The maximum Gasteiger partial charge on any atom is 0.185 e. The lowest BCUT2D eigenvalue weighted by Crippen LogP contribution is -2.19. The molecule has 0 saturated heterocycles. The van der Waals surface area contributed by atoms with Crippen molar-refractivity contribution in [3.8, 4) is 5.75 Å². The number of likely N-dealkylation sites (N-methyl/N-ethyl adjacent to an activating group) is 1. The summed E-state index contributed by atoms with van der Waals surface area (Å²) in [6.07, 6.45) is 6.59. The third-order valence-corrected chi connectivity index (χ3v) is 3.08. The number of carbonyl (C=O) groups excluding carboxylic acids is 1. The Hall–Kier alpha value is -2.46. The largest absolute Gasteiger partial charge is 0.492 e. The van der Waals surface area contributed by atoms with Crippen LogP contribution in [0.1, 0.15) is 15.9 Å².